The summed E-state index contributed by atoms with van der Waals surface area (Å²) < 4.78 is 2.40. The van der Waals surface area contributed by atoms with Gasteiger partial charge in [0.1, 0.15) is 0 Å². The van der Waals surface area contributed by atoms with Crippen molar-refractivity contribution < 1.29 is 0 Å². The minimum Gasteiger partial charge on any atom is -0.309 e. The van der Waals surface area contributed by atoms with Crippen LogP contribution in [0, 0.1) is 0 Å². The topological polar surface area (TPSA) is 8.17 Å². The lowest BCUT2D eigenvalue weighted by atomic mass is 9.90. The maximum atomic E-state index is 2.46. The number of anilines is 3. The molecule has 1 heterocycles. The van der Waals surface area contributed by atoms with E-state index < -0.39 is 0 Å². The van der Waals surface area contributed by atoms with Crippen LogP contribution in [0.4, 0.5) is 17.1 Å². The maximum Gasteiger partial charge on any atom is 0.0547 e. The van der Waals surface area contributed by atoms with Gasteiger partial charge in [-0.05, 0) is 92.7 Å². The van der Waals surface area contributed by atoms with Crippen LogP contribution in [0.1, 0.15) is 0 Å². The summed E-state index contributed by atoms with van der Waals surface area (Å²) in [6.45, 7) is 0. The number of nitrogens with zero attached hydrogens (tertiary/aromatic N) is 2. The summed E-state index contributed by atoms with van der Waals surface area (Å²) in [6, 6.07) is 87.9. The summed E-state index contributed by atoms with van der Waals surface area (Å²) in [4.78, 5) is 2.46. The van der Waals surface area contributed by atoms with E-state index in [0.717, 1.165) is 28.3 Å². The van der Waals surface area contributed by atoms with Gasteiger partial charge < -0.3 is 9.47 Å². The lowest BCUT2D eigenvalue weighted by molar-refractivity contribution is 1.18. The molecule has 0 amide bonds. The van der Waals surface area contributed by atoms with E-state index in [2.05, 4.69) is 252 Å². The van der Waals surface area contributed by atoms with Crippen molar-refractivity contribution in [3.8, 4) is 50.2 Å². The van der Waals surface area contributed by atoms with Gasteiger partial charge in [-0.2, -0.15) is 0 Å². The van der Waals surface area contributed by atoms with E-state index in [-0.39, 0.29) is 0 Å². The number of benzene rings is 10. The maximum absolute atomic E-state index is 2.46. The van der Waals surface area contributed by atoms with Crippen LogP contribution in [0.5, 0.6) is 0 Å². The number of fused-ring (bicyclic) bond motifs is 4. The highest BCUT2D eigenvalue weighted by molar-refractivity contribution is 6.17. The summed E-state index contributed by atoms with van der Waals surface area (Å²) in [7, 11) is 0. The van der Waals surface area contributed by atoms with Gasteiger partial charge in [0.25, 0.3) is 0 Å². The zero-order chi connectivity index (χ0) is 39.8. The zero-order valence-corrected chi connectivity index (χ0v) is 33.0. The fourth-order valence-electron chi connectivity index (χ4n) is 9.15. The van der Waals surface area contributed by atoms with Crippen molar-refractivity contribution in [3.05, 3.63) is 243 Å². The second-order valence-corrected chi connectivity index (χ2v) is 15.2. The zero-order valence-electron chi connectivity index (χ0n) is 33.0. The van der Waals surface area contributed by atoms with Crippen molar-refractivity contribution in [1.29, 1.82) is 0 Å². The summed E-state index contributed by atoms with van der Waals surface area (Å²) in [6.07, 6.45) is 0. The molecule has 0 bridgehead atoms. The van der Waals surface area contributed by atoms with Crippen LogP contribution in [-0.2, 0) is 0 Å². The number of hydrogen-bond acceptors (Lipinski definition) is 1. The van der Waals surface area contributed by atoms with Gasteiger partial charge in [-0.25, -0.2) is 0 Å². The molecule has 282 valence electrons. The summed E-state index contributed by atoms with van der Waals surface area (Å²) in [5, 5.41) is 4.93. The van der Waals surface area contributed by atoms with Crippen LogP contribution in [0.3, 0.4) is 0 Å². The third-order valence-electron chi connectivity index (χ3n) is 11.8. The molecular formula is C58H40N2. The molecule has 60 heavy (non-hydrogen) atoms. The fourth-order valence-corrected chi connectivity index (χ4v) is 9.15. The Bertz CT molecular complexity index is 3300. The molecule has 0 saturated carbocycles. The third kappa shape index (κ3) is 6.06. The molecule has 2 heteroatoms. The Hall–Kier alpha value is -7.94. The van der Waals surface area contributed by atoms with Crippen LogP contribution in [0.25, 0.3) is 82.8 Å². The van der Waals surface area contributed by atoms with Crippen LogP contribution < -0.4 is 4.90 Å². The Morgan fingerprint density at radius 2 is 0.750 bits per heavy atom. The first-order chi connectivity index (χ1) is 29.8. The molecule has 0 aliphatic heterocycles. The second kappa shape index (κ2) is 15.1. The lowest BCUT2D eigenvalue weighted by Gasteiger charge is -2.30. The first-order valence-corrected chi connectivity index (χ1v) is 20.6. The third-order valence-corrected chi connectivity index (χ3v) is 11.8. The van der Waals surface area contributed by atoms with E-state index in [9.17, 15) is 0 Å². The van der Waals surface area contributed by atoms with E-state index in [1.54, 1.807) is 0 Å². The average Bonchev–Trinajstić information content (AvgIpc) is 3.67. The molecule has 0 aliphatic rings. The predicted octanol–water partition coefficient (Wildman–Crippen LogP) is 16.1. The Labute approximate surface area is 350 Å². The number of rotatable bonds is 8. The van der Waals surface area contributed by atoms with E-state index >= 15 is 0 Å². The van der Waals surface area contributed by atoms with Gasteiger partial charge in [-0.3, -0.25) is 0 Å². The highest BCUT2D eigenvalue weighted by Gasteiger charge is 2.24. The van der Waals surface area contributed by atoms with Gasteiger partial charge >= 0.3 is 0 Å². The molecule has 0 atom stereocenters. The molecule has 11 aromatic rings. The molecule has 0 N–H and O–H groups in total. The van der Waals surface area contributed by atoms with Gasteiger partial charge in [0.2, 0.25) is 0 Å². The van der Waals surface area contributed by atoms with Crippen LogP contribution in [0.2, 0.25) is 0 Å². The van der Waals surface area contributed by atoms with Gasteiger partial charge in [0.05, 0.1) is 22.4 Å². The number of hydrogen-bond donors (Lipinski definition) is 0. The first kappa shape index (κ1) is 35.2. The summed E-state index contributed by atoms with van der Waals surface area (Å²) in [5.74, 6) is 0. The van der Waals surface area contributed by atoms with Crippen molar-refractivity contribution in [1.82, 2.24) is 4.57 Å². The molecule has 0 radical (unpaired) electrons. The Morgan fingerprint density at radius 1 is 0.283 bits per heavy atom. The molecule has 0 unspecified atom stereocenters. The molecule has 2 nitrogen and oxygen atoms in total. The van der Waals surface area contributed by atoms with E-state index in [4.69, 9.17) is 0 Å². The van der Waals surface area contributed by atoms with Gasteiger partial charge in [0, 0.05) is 33.3 Å². The smallest absolute Gasteiger partial charge is 0.0547 e. The van der Waals surface area contributed by atoms with Gasteiger partial charge in [-0.1, -0.05) is 194 Å². The monoisotopic (exact) mass is 764 g/mol. The quantitative estimate of drug-likeness (QED) is 0.150. The average molecular weight is 765 g/mol. The Balaban J connectivity index is 1.15. The fraction of sp³-hybridized carbons (Fsp3) is 0. The highest BCUT2D eigenvalue weighted by Crippen LogP contribution is 2.48. The molecular weight excluding hydrogens is 725 g/mol. The second-order valence-electron chi connectivity index (χ2n) is 15.2. The molecule has 0 spiro atoms. The van der Waals surface area contributed by atoms with Crippen LogP contribution in [0.15, 0.2) is 243 Å². The largest absolute Gasteiger partial charge is 0.309 e. The molecule has 10 aromatic carbocycles. The van der Waals surface area contributed by atoms with E-state index in [1.165, 1.54) is 71.5 Å². The molecule has 0 aliphatic carbocycles. The highest BCUT2D eigenvalue weighted by atomic mass is 15.1. The Kier molecular flexibility index (Phi) is 8.87. The normalized spacial score (nSPS) is 11.3. The standard InChI is InChI=1S/C58H40N2/c1-3-19-41(20-4-1)42-37-39-45(40-38-42)59(54-33-14-11-28-50(54)47-31-17-22-43-21-7-8-25-46(43)47)55-34-15-12-29-51(55)48-26-9-10-27-49(48)52-32-18-36-57-58(52)53-30-13-16-35-56(53)60(57)44-23-5-2-6-24-44/h1-40H. The minimum absolute atomic E-state index is 1.08. The first-order valence-electron chi connectivity index (χ1n) is 20.6. The van der Waals surface area contributed by atoms with Crippen LogP contribution >= 0.6 is 0 Å². The number of aromatic nitrogens is 1. The molecule has 1 aromatic heterocycles. The molecule has 11 rings (SSSR count). The van der Waals surface area contributed by atoms with Crippen molar-refractivity contribution >= 4 is 49.6 Å². The van der Waals surface area contributed by atoms with Gasteiger partial charge in [-0.15, -0.1) is 0 Å². The van der Waals surface area contributed by atoms with Crippen LogP contribution in [-0.4, -0.2) is 4.57 Å². The molecule has 0 fully saturated rings. The summed E-state index contributed by atoms with van der Waals surface area (Å²) >= 11 is 0. The van der Waals surface area contributed by atoms with Crippen molar-refractivity contribution in [2.45, 2.75) is 0 Å². The predicted molar refractivity (Wildman–Crippen MR) is 255 cm³/mol. The Morgan fingerprint density at radius 3 is 1.48 bits per heavy atom. The van der Waals surface area contributed by atoms with Crippen molar-refractivity contribution in [3.63, 3.8) is 0 Å². The van der Waals surface area contributed by atoms with Crippen molar-refractivity contribution in [2.75, 3.05) is 4.90 Å². The van der Waals surface area contributed by atoms with Gasteiger partial charge in [0.15, 0.2) is 0 Å². The van der Waals surface area contributed by atoms with Crippen molar-refractivity contribution in [2.24, 2.45) is 0 Å². The number of para-hydroxylation sites is 4. The lowest BCUT2D eigenvalue weighted by Crippen LogP contribution is -2.12. The summed E-state index contributed by atoms with van der Waals surface area (Å²) in [5.41, 5.74) is 16.3. The van der Waals surface area contributed by atoms with E-state index in [0.29, 0.717) is 0 Å². The SMILES string of the molecule is c1ccc(-c2ccc(N(c3ccccc3-c3ccccc3-c3cccc4c3c3ccccc3n4-c3ccccc3)c3ccccc3-c3cccc4ccccc34)cc2)cc1. The van der Waals surface area contributed by atoms with E-state index in [1.807, 2.05) is 0 Å². The molecule has 0 saturated heterocycles. The minimum atomic E-state index is 1.08.